The maximum Gasteiger partial charge on any atom is 0.272 e. The molecule has 25 heavy (non-hydrogen) atoms. The lowest BCUT2D eigenvalue weighted by atomic mass is 10.0. The molecular weight excluding hydrogens is 314 g/mol. The van der Waals surface area contributed by atoms with E-state index in [9.17, 15) is 4.79 Å². The van der Waals surface area contributed by atoms with Gasteiger partial charge in [0.05, 0.1) is 13.2 Å². The van der Waals surface area contributed by atoms with E-state index in [0.717, 1.165) is 23.0 Å². The minimum absolute atomic E-state index is 0.0463. The molecule has 0 aliphatic carbocycles. The first-order chi connectivity index (χ1) is 12.2. The highest BCUT2D eigenvalue weighted by Gasteiger charge is 2.27. The van der Waals surface area contributed by atoms with Crippen LogP contribution in [0.25, 0.3) is 11.0 Å². The van der Waals surface area contributed by atoms with Crippen molar-refractivity contribution in [2.45, 2.75) is 19.4 Å². The molecule has 1 unspecified atom stereocenters. The largest absolute Gasteiger partial charge is 0.370 e. The second kappa shape index (κ2) is 6.69. The van der Waals surface area contributed by atoms with Crippen LogP contribution in [-0.4, -0.2) is 40.5 Å². The molecule has 5 heteroatoms. The molecule has 1 fully saturated rings. The first kappa shape index (κ1) is 15.8. The third kappa shape index (κ3) is 3.15. The van der Waals surface area contributed by atoms with E-state index in [-0.39, 0.29) is 12.0 Å². The van der Waals surface area contributed by atoms with Crippen LogP contribution in [0, 0.1) is 0 Å². The van der Waals surface area contributed by atoms with Gasteiger partial charge in [0.15, 0.2) is 0 Å². The number of carbonyl (C=O) groups excluding carboxylic acids is 1. The van der Waals surface area contributed by atoms with Crippen LogP contribution in [0.15, 0.2) is 48.7 Å². The minimum atomic E-state index is -0.0853. The van der Waals surface area contributed by atoms with Crippen LogP contribution in [0.5, 0.6) is 0 Å². The number of nitrogens with zero attached hydrogens (tertiary/aromatic N) is 2. The molecule has 128 valence electrons. The van der Waals surface area contributed by atoms with Crippen molar-refractivity contribution in [2.24, 2.45) is 0 Å². The molecule has 1 saturated heterocycles. The summed E-state index contributed by atoms with van der Waals surface area (Å²) in [5, 5.41) is 1.01. The van der Waals surface area contributed by atoms with Gasteiger partial charge in [-0.2, -0.15) is 0 Å². The fourth-order valence-corrected chi connectivity index (χ4v) is 3.21. The molecule has 4 rings (SSSR count). The monoisotopic (exact) mass is 335 g/mol. The number of carbonyl (C=O) groups is 1. The number of aromatic amines is 1. The average molecular weight is 335 g/mol. The number of rotatable bonds is 3. The molecule has 1 N–H and O–H groups in total. The van der Waals surface area contributed by atoms with Crippen LogP contribution in [0.1, 0.15) is 34.6 Å². The number of pyridine rings is 1. The van der Waals surface area contributed by atoms with E-state index in [1.54, 1.807) is 6.07 Å². The number of fused-ring (bicyclic) bond motifs is 1. The Hall–Kier alpha value is -2.66. The van der Waals surface area contributed by atoms with Crippen LogP contribution in [0.2, 0.25) is 0 Å². The molecule has 0 spiro atoms. The predicted molar refractivity (Wildman–Crippen MR) is 96.5 cm³/mol. The summed E-state index contributed by atoms with van der Waals surface area (Å²) in [5.41, 5.74) is 3.63. The highest BCUT2D eigenvalue weighted by molar-refractivity contribution is 5.94. The van der Waals surface area contributed by atoms with E-state index >= 15 is 0 Å². The number of aromatic nitrogens is 2. The lowest BCUT2D eigenvalue weighted by Crippen LogP contribution is -2.42. The van der Waals surface area contributed by atoms with Crippen molar-refractivity contribution in [3.63, 3.8) is 0 Å². The van der Waals surface area contributed by atoms with Crippen LogP contribution >= 0.6 is 0 Å². The van der Waals surface area contributed by atoms with Crippen molar-refractivity contribution in [3.05, 3.63) is 65.5 Å². The summed E-state index contributed by atoms with van der Waals surface area (Å²) < 4.78 is 5.89. The highest BCUT2D eigenvalue weighted by atomic mass is 16.5. The van der Waals surface area contributed by atoms with Crippen LogP contribution in [0.3, 0.4) is 0 Å². The quantitative estimate of drug-likeness (QED) is 0.799. The van der Waals surface area contributed by atoms with Crippen molar-refractivity contribution in [1.82, 2.24) is 14.9 Å². The van der Waals surface area contributed by atoms with Gasteiger partial charge >= 0.3 is 0 Å². The average Bonchev–Trinajstić information content (AvgIpc) is 3.15. The maximum absolute atomic E-state index is 12.8. The second-order valence-corrected chi connectivity index (χ2v) is 6.32. The first-order valence-corrected chi connectivity index (χ1v) is 8.68. The fourth-order valence-electron chi connectivity index (χ4n) is 3.21. The van der Waals surface area contributed by atoms with Gasteiger partial charge in [-0.25, -0.2) is 4.98 Å². The van der Waals surface area contributed by atoms with Crippen LogP contribution in [0.4, 0.5) is 0 Å². The maximum atomic E-state index is 12.8. The van der Waals surface area contributed by atoms with Gasteiger partial charge in [0.25, 0.3) is 5.91 Å². The number of ether oxygens (including phenoxy) is 1. The Bertz CT molecular complexity index is 885. The van der Waals surface area contributed by atoms with E-state index in [1.165, 1.54) is 5.56 Å². The molecule has 1 aromatic carbocycles. The van der Waals surface area contributed by atoms with Crippen molar-refractivity contribution in [1.29, 1.82) is 0 Å². The second-order valence-electron chi connectivity index (χ2n) is 6.32. The van der Waals surface area contributed by atoms with Crippen molar-refractivity contribution < 1.29 is 9.53 Å². The highest BCUT2D eigenvalue weighted by Crippen LogP contribution is 2.24. The summed E-state index contributed by atoms with van der Waals surface area (Å²) in [6.07, 6.45) is 2.76. The number of H-pyrrole nitrogens is 1. The molecule has 0 bridgehead atoms. The molecule has 1 aliphatic heterocycles. The van der Waals surface area contributed by atoms with Crippen LogP contribution in [-0.2, 0) is 11.2 Å². The number of morpholine rings is 1. The summed E-state index contributed by atoms with van der Waals surface area (Å²) in [4.78, 5) is 22.2. The van der Waals surface area contributed by atoms with E-state index in [4.69, 9.17) is 4.74 Å². The van der Waals surface area contributed by atoms with Gasteiger partial charge in [0.1, 0.15) is 17.4 Å². The number of aryl methyl sites for hydroxylation is 1. The fraction of sp³-hybridized carbons (Fsp3) is 0.300. The number of hydrogen-bond acceptors (Lipinski definition) is 3. The molecule has 1 atom stereocenters. The molecule has 1 aliphatic rings. The zero-order valence-electron chi connectivity index (χ0n) is 14.2. The van der Waals surface area contributed by atoms with Crippen molar-refractivity contribution >= 4 is 16.9 Å². The lowest BCUT2D eigenvalue weighted by Gasteiger charge is -2.33. The van der Waals surface area contributed by atoms with Gasteiger partial charge in [-0.15, -0.1) is 0 Å². The Morgan fingerprint density at radius 3 is 2.88 bits per heavy atom. The van der Waals surface area contributed by atoms with E-state index in [1.807, 2.05) is 23.2 Å². The summed E-state index contributed by atoms with van der Waals surface area (Å²) in [5.74, 6) is -0.0463. The van der Waals surface area contributed by atoms with Gasteiger partial charge in [0, 0.05) is 18.1 Å². The standard InChI is InChI=1S/C20H21N3O2/c1-2-14-3-5-15(6-4-14)18-13-23(11-12-25-18)20(24)17-8-7-16-9-10-21-19(16)22-17/h3-10,18H,2,11-13H2,1H3,(H,21,22). The summed E-state index contributed by atoms with van der Waals surface area (Å²) >= 11 is 0. The molecule has 3 heterocycles. The van der Waals surface area contributed by atoms with E-state index in [2.05, 4.69) is 41.2 Å². The van der Waals surface area contributed by atoms with E-state index in [0.29, 0.717) is 25.4 Å². The third-order valence-electron chi connectivity index (χ3n) is 4.74. The van der Waals surface area contributed by atoms with E-state index < -0.39 is 0 Å². The number of amides is 1. The topological polar surface area (TPSA) is 58.2 Å². The Balaban J connectivity index is 1.52. The Morgan fingerprint density at radius 1 is 1.24 bits per heavy atom. The van der Waals surface area contributed by atoms with Gasteiger partial charge in [-0.05, 0) is 35.7 Å². The molecule has 2 aromatic heterocycles. The SMILES string of the molecule is CCc1ccc(C2CN(C(=O)c3ccc4cc[nH]c4n3)CCO2)cc1. The predicted octanol–water partition coefficient (Wildman–Crippen LogP) is 3.34. The lowest BCUT2D eigenvalue weighted by molar-refractivity contribution is -0.0230. The van der Waals surface area contributed by atoms with Gasteiger partial charge in [-0.3, -0.25) is 4.79 Å². The third-order valence-corrected chi connectivity index (χ3v) is 4.74. The van der Waals surface area contributed by atoms with Gasteiger partial charge in [-0.1, -0.05) is 31.2 Å². The Morgan fingerprint density at radius 2 is 2.08 bits per heavy atom. The molecule has 1 amide bonds. The normalized spacial score (nSPS) is 17.8. The molecule has 5 nitrogen and oxygen atoms in total. The number of benzene rings is 1. The van der Waals surface area contributed by atoms with Gasteiger partial charge in [0.2, 0.25) is 0 Å². The summed E-state index contributed by atoms with van der Waals surface area (Å²) in [7, 11) is 0. The summed E-state index contributed by atoms with van der Waals surface area (Å²) in [6, 6.07) is 14.1. The van der Waals surface area contributed by atoms with Crippen molar-refractivity contribution in [3.8, 4) is 0 Å². The zero-order valence-corrected chi connectivity index (χ0v) is 14.2. The molecule has 0 radical (unpaired) electrons. The minimum Gasteiger partial charge on any atom is -0.370 e. The molecular formula is C20H21N3O2. The Kier molecular flexibility index (Phi) is 4.24. The van der Waals surface area contributed by atoms with Gasteiger partial charge < -0.3 is 14.6 Å². The summed E-state index contributed by atoms with van der Waals surface area (Å²) in [6.45, 7) is 3.82. The van der Waals surface area contributed by atoms with Crippen LogP contribution < -0.4 is 0 Å². The molecule has 3 aromatic rings. The number of nitrogens with one attached hydrogen (secondary N) is 1. The van der Waals surface area contributed by atoms with Crippen molar-refractivity contribution in [2.75, 3.05) is 19.7 Å². The zero-order chi connectivity index (χ0) is 17.2. The Labute approximate surface area is 146 Å². The smallest absolute Gasteiger partial charge is 0.272 e. The number of hydrogen-bond donors (Lipinski definition) is 1. The first-order valence-electron chi connectivity index (χ1n) is 8.68. The molecule has 0 saturated carbocycles.